The topological polar surface area (TPSA) is 107 Å². The Morgan fingerprint density at radius 3 is 2.80 bits per heavy atom. The zero-order valence-corrected chi connectivity index (χ0v) is 11.3. The lowest BCUT2D eigenvalue weighted by Gasteiger charge is -2.09. The molecule has 0 bridgehead atoms. The Hall–Kier alpha value is -2.70. The van der Waals surface area contributed by atoms with Crippen LogP contribution in [0.4, 0.5) is 17.5 Å². The normalized spacial score (nSPS) is 10.3. The van der Waals surface area contributed by atoms with Crippen LogP contribution in [0.1, 0.15) is 16.7 Å². The standard InChI is InChI=1S/C13H15N5O2/c1-8-4-3-5-10(9(8)2)6-15-13-16-7-11(18(19)20)12(14)17-13/h3-5,7H,6H2,1-2H3,(H3,14,15,16,17). The van der Waals surface area contributed by atoms with Gasteiger partial charge < -0.3 is 11.1 Å². The predicted molar refractivity (Wildman–Crippen MR) is 76.3 cm³/mol. The molecule has 7 heteroatoms. The number of aryl methyl sites for hydroxylation is 1. The van der Waals surface area contributed by atoms with Gasteiger partial charge in [-0.3, -0.25) is 10.1 Å². The van der Waals surface area contributed by atoms with Crippen molar-refractivity contribution in [3.05, 3.63) is 51.2 Å². The van der Waals surface area contributed by atoms with Crippen molar-refractivity contribution in [2.24, 2.45) is 0 Å². The minimum absolute atomic E-state index is 0.145. The molecule has 1 aromatic heterocycles. The second-order valence-corrected chi connectivity index (χ2v) is 4.43. The molecule has 0 fully saturated rings. The number of hydrogen-bond acceptors (Lipinski definition) is 6. The highest BCUT2D eigenvalue weighted by Gasteiger charge is 2.14. The van der Waals surface area contributed by atoms with Crippen LogP contribution in [0.15, 0.2) is 24.4 Å². The number of nitrogens with one attached hydrogen (secondary N) is 1. The highest BCUT2D eigenvalue weighted by molar-refractivity contribution is 5.53. The molecule has 0 unspecified atom stereocenters. The van der Waals surface area contributed by atoms with E-state index in [0.717, 1.165) is 11.8 Å². The van der Waals surface area contributed by atoms with Crippen molar-refractivity contribution < 1.29 is 4.92 Å². The Labute approximate surface area is 116 Å². The van der Waals surface area contributed by atoms with Crippen LogP contribution in [-0.2, 0) is 6.54 Å². The molecule has 3 N–H and O–H groups in total. The lowest BCUT2D eigenvalue weighted by Crippen LogP contribution is -2.08. The molecule has 0 amide bonds. The van der Waals surface area contributed by atoms with Crippen LogP contribution in [0.25, 0.3) is 0 Å². The molecule has 2 aromatic rings. The van der Waals surface area contributed by atoms with Gasteiger partial charge in [0.25, 0.3) is 0 Å². The van der Waals surface area contributed by atoms with Crippen molar-refractivity contribution in [2.75, 3.05) is 11.1 Å². The molecule has 104 valence electrons. The fourth-order valence-electron chi connectivity index (χ4n) is 1.79. The summed E-state index contributed by atoms with van der Waals surface area (Å²) in [5, 5.41) is 13.6. The average molecular weight is 273 g/mol. The highest BCUT2D eigenvalue weighted by Crippen LogP contribution is 2.19. The fourth-order valence-corrected chi connectivity index (χ4v) is 1.79. The van der Waals surface area contributed by atoms with Gasteiger partial charge in [0.1, 0.15) is 6.20 Å². The molecule has 2 rings (SSSR count). The number of nitro groups is 1. The monoisotopic (exact) mass is 273 g/mol. The van der Waals surface area contributed by atoms with Crippen molar-refractivity contribution >= 4 is 17.5 Å². The van der Waals surface area contributed by atoms with Crippen molar-refractivity contribution in [1.82, 2.24) is 9.97 Å². The molecule has 20 heavy (non-hydrogen) atoms. The number of nitrogens with zero attached hydrogens (tertiary/aromatic N) is 3. The largest absolute Gasteiger partial charge is 0.378 e. The van der Waals surface area contributed by atoms with E-state index >= 15 is 0 Å². The summed E-state index contributed by atoms with van der Waals surface area (Å²) in [7, 11) is 0. The first-order valence-electron chi connectivity index (χ1n) is 6.05. The Kier molecular flexibility index (Phi) is 3.79. The van der Waals surface area contributed by atoms with E-state index in [1.54, 1.807) is 0 Å². The first-order valence-corrected chi connectivity index (χ1v) is 6.05. The first kappa shape index (κ1) is 13.7. The van der Waals surface area contributed by atoms with E-state index in [2.05, 4.69) is 15.3 Å². The molecular weight excluding hydrogens is 258 g/mol. The summed E-state index contributed by atoms with van der Waals surface area (Å²) in [4.78, 5) is 17.8. The lowest BCUT2D eigenvalue weighted by atomic mass is 10.0. The summed E-state index contributed by atoms with van der Waals surface area (Å²) in [6, 6.07) is 6.02. The van der Waals surface area contributed by atoms with Gasteiger partial charge in [0.2, 0.25) is 11.8 Å². The van der Waals surface area contributed by atoms with Crippen LogP contribution in [-0.4, -0.2) is 14.9 Å². The van der Waals surface area contributed by atoms with Crippen LogP contribution >= 0.6 is 0 Å². The number of benzene rings is 1. The number of nitrogen functional groups attached to an aromatic ring is 1. The fraction of sp³-hybridized carbons (Fsp3) is 0.231. The average Bonchev–Trinajstić information content (AvgIpc) is 2.40. The summed E-state index contributed by atoms with van der Waals surface area (Å²) < 4.78 is 0. The van der Waals surface area contributed by atoms with E-state index in [1.165, 1.54) is 11.1 Å². The van der Waals surface area contributed by atoms with Gasteiger partial charge in [-0.15, -0.1) is 0 Å². The summed E-state index contributed by atoms with van der Waals surface area (Å²) in [6.07, 6.45) is 1.10. The van der Waals surface area contributed by atoms with Gasteiger partial charge in [-0.25, -0.2) is 4.98 Å². The summed E-state index contributed by atoms with van der Waals surface area (Å²) in [6.45, 7) is 4.61. The van der Waals surface area contributed by atoms with Gasteiger partial charge >= 0.3 is 5.69 Å². The number of hydrogen-bond donors (Lipinski definition) is 2. The molecule has 0 radical (unpaired) electrons. The molecule has 0 spiro atoms. The number of aromatic nitrogens is 2. The minimum atomic E-state index is -0.607. The smallest absolute Gasteiger partial charge is 0.329 e. The van der Waals surface area contributed by atoms with Crippen molar-refractivity contribution in [3.63, 3.8) is 0 Å². The summed E-state index contributed by atoms with van der Waals surface area (Å²) in [5.74, 6) is 0.127. The SMILES string of the molecule is Cc1cccc(CNc2ncc([N+](=O)[O-])c(N)n2)c1C. The van der Waals surface area contributed by atoms with E-state index in [-0.39, 0.29) is 17.5 Å². The van der Waals surface area contributed by atoms with E-state index in [1.807, 2.05) is 32.0 Å². The van der Waals surface area contributed by atoms with Crippen LogP contribution in [0.2, 0.25) is 0 Å². The van der Waals surface area contributed by atoms with Crippen molar-refractivity contribution in [2.45, 2.75) is 20.4 Å². The third kappa shape index (κ3) is 2.82. The third-order valence-corrected chi connectivity index (χ3v) is 3.15. The van der Waals surface area contributed by atoms with Gasteiger partial charge in [-0.2, -0.15) is 4.98 Å². The van der Waals surface area contributed by atoms with Gasteiger partial charge in [0, 0.05) is 6.54 Å². The molecule has 0 saturated heterocycles. The van der Waals surface area contributed by atoms with Gasteiger partial charge in [0.05, 0.1) is 4.92 Å². The zero-order valence-electron chi connectivity index (χ0n) is 11.3. The highest BCUT2D eigenvalue weighted by atomic mass is 16.6. The molecule has 1 heterocycles. The Bertz CT molecular complexity index is 657. The predicted octanol–water partition coefficient (Wildman–Crippen LogP) is 2.20. The molecule has 7 nitrogen and oxygen atoms in total. The second-order valence-electron chi connectivity index (χ2n) is 4.43. The molecule has 1 aromatic carbocycles. The second kappa shape index (κ2) is 5.52. The molecule has 0 atom stereocenters. The van der Waals surface area contributed by atoms with Crippen LogP contribution in [0.3, 0.4) is 0 Å². The molecule has 0 aliphatic heterocycles. The van der Waals surface area contributed by atoms with Gasteiger partial charge in [0.15, 0.2) is 0 Å². The maximum atomic E-state index is 10.6. The number of rotatable bonds is 4. The third-order valence-electron chi connectivity index (χ3n) is 3.15. The Morgan fingerprint density at radius 1 is 1.40 bits per heavy atom. The van der Waals surface area contributed by atoms with E-state index in [0.29, 0.717) is 6.54 Å². The van der Waals surface area contributed by atoms with Gasteiger partial charge in [-0.1, -0.05) is 18.2 Å². The Morgan fingerprint density at radius 2 is 2.15 bits per heavy atom. The first-order chi connectivity index (χ1) is 9.49. The number of nitrogens with two attached hydrogens (primary N) is 1. The maximum absolute atomic E-state index is 10.6. The lowest BCUT2D eigenvalue weighted by molar-refractivity contribution is -0.384. The number of anilines is 2. The zero-order chi connectivity index (χ0) is 14.7. The van der Waals surface area contributed by atoms with E-state index < -0.39 is 4.92 Å². The van der Waals surface area contributed by atoms with Crippen LogP contribution in [0, 0.1) is 24.0 Å². The van der Waals surface area contributed by atoms with E-state index in [4.69, 9.17) is 5.73 Å². The quantitative estimate of drug-likeness (QED) is 0.653. The molecule has 0 aliphatic carbocycles. The maximum Gasteiger partial charge on any atom is 0.329 e. The summed E-state index contributed by atoms with van der Waals surface area (Å²) in [5.41, 5.74) is 8.73. The Balaban J connectivity index is 2.13. The van der Waals surface area contributed by atoms with E-state index in [9.17, 15) is 10.1 Å². The van der Waals surface area contributed by atoms with Crippen LogP contribution in [0.5, 0.6) is 0 Å². The van der Waals surface area contributed by atoms with Gasteiger partial charge in [-0.05, 0) is 30.5 Å². The molecule has 0 aliphatic rings. The van der Waals surface area contributed by atoms with Crippen molar-refractivity contribution in [3.8, 4) is 0 Å². The van der Waals surface area contributed by atoms with Crippen LogP contribution < -0.4 is 11.1 Å². The molecular formula is C13H15N5O2. The van der Waals surface area contributed by atoms with Crippen molar-refractivity contribution in [1.29, 1.82) is 0 Å². The minimum Gasteiger partial charge on any atom is -0.378 e. The summed E-state index contributed by atoms with van der Waals surface area (Å²) >= 11 is 0. The molecule has 0 saturated carbocycles.